The van der Waals surface area contributed by atoms with E-state index in [2.05, 4.69) is 4.72 Å². The number of nitrogens with one attached hydrogen (secondary N) is 1. The van der Waals surface area contributed by atoms with Crippen LogP contribution < -0.4 is 4.72 Å². The van der Waals surface area contributed by atoms with Crippen molar-refractivity contribution in [2.45, 2.75) is 27.2 Å². The zero-order chi connectivity index (χ0) is 10.5. The van der Waals surface area contributed by atoms with Crippen LogP contribution in [0.15, 0.2) is 0 Å². The van der Waals surface area contributed by atoms with Crippen molar-refractivity contribution in [1.82, 2.24) is 4.72 Å². The van der Waals surface area contributed by atoms with Crippen LogP contribution in [-0.2, 0) is 14.8 Å². The fourth-order valence-corrected chi connectivity index (χ4v) is 2.02. The summed E-state index contributed by atoms with van der Waals surface area (Å²) in [5.74, 6) is 0.278. The summed E-state index contributed by atoms with van der Waals surface area (Å²) < 4.78 is 24.6. The van der Waals surface area contributed by atoms with Gasteiger partial charge in [-0.1, -0.05) is 13.8 Å². The predicted octanol–water partition coefficient (Wildman–Crippen LogP) is 0.541. The van der Waals surface area contributed by atoms with Crippen molar-refractivity contribution in [2.75, 3.05) is 12.3 Å². The number of rotatable bonds is 6. The molecule has 0 amide bonds. The summed E-state index contributed by atoms with van der Waals surface area (Å²) in [6, 6.07) is 0. The van der Waals surface area contributed by atoms with Crippen LogP contribution in [-0.4, -0.2) is 26.5 Å². The first-order valence-corrected chi connectivity index (χ1v) is 5.95. The highest BCUT2D eigenvalue weighted by atomic mass is 32.2. The SMILES string of the molecule is CC(=O)CNS(=O)(=O)CCC(C)C. The number of hydrogen-bond donors (Lipinski definition) is 1. The highest BCUT2D eigenvalue weighted by molar-refractivity contribution is 7.89. The molecule has 0 radical (unpaired) electrons. The van der Waals surface area contributed by atoms with Crippen molar-refractivity contribution in [3.05, 3.63) is 0 Å². The second kappa shape index (κ2) is 5.34. The molecule has 0 bridgehead atoms. The second-order valence-corrected chi connectivity index (χ2v) is 5.45. The molecule has 0 saturated heterocycles. The Morgan fingerprint density at radius 2 is 1.92 bits per heavy atom. The number of hydrogen-bond acceptors (Lipinski definition) is 3. The van der Waals surface area contributed by atoms with Crippen LogP contribution in [0.2, 0.25) is 0 Å². The van der Waals surface area contributed by atoms with Crippen LogP contribution in [0.5, 0.6) is 0 Å². The summed E-state index contributed by atoms with van der Waals surface area (Å²) >= 11 is 0. The minimum Gasteiger partial charge on any atom is -0.299 e. The Labute approximate surface area is 79.8 Å². The third-order valence-corrected chi connectivity index (χ3v) is 2.86. The Hall–Kier alpha value is -0.420. The van der Waals surface area contributed by atoms with Crippen LogP contribution in [0.25, 0.3) is 0 Å². The molecule has 0 fully saturated rings. The maximum Gasteiger partial charge on any atom is 0.212 e. The molecule has 0 aromatic rings. The van der Waals surface area contributed by atoms with Crippen LogP contribution in [0.1, 0.15) is 27.2 Å². The van der Waals surface area contributed by atoms with Gasteiger partial charge in [0, 0.05) is 0 Å². The van der Waals surface area contributed by atoms with Gasteiger partial charge in [0.25, 0.3) is 0 Å². The van der Waals surface area contributed by atoms with Crippen LogP contribution in [0.3, 0.4) is 0 Å². The van der Waals surface area contributed by atoms with Crippen LogP contribution >= 0.6 is 0 Å². The number of Topliss-reactive ketones (excluding diaryl/α,β-unsaturated/α-hetero) is 1. The summed E-state index contributed by atoms with van der Waals surface area (Å²) in [5, 5.41) is 0. The Morgan fingerprint density at radius 3 is 2.31 bits per heavy atom. The van der Waals surface area contributed by atoms with Crippen LogP contribution in [0, 0.1) is 5.92 Å². The van der Waals surface area contributed by atoms with Gasteiger partial charge in [-0.15, -0.1) is 0 Å². The van der Waals surface area contributed by atoms with Gasteiger partial charge in [-0.3, -0.25) is 4.79 Å². The lowest BCUT2D eigenvalue weighted by Gasteiger charge is -2.06. The maximum absolute atomic E-state index is 11.2. The van der Waals surface area contributed by atoms with Gasteiger partial charge in [0.1, 0.15) is 5.78 Å². The standard InChI is InChI=1S/C8H17NO3S/c1-7(2)4-5-13(11,12)9-6-8(3)10/h7,9H,4-6H2,1-3H3. The average molecular weight is 207 g/mol. The van der Waals surface area contributed by atoms with E-state index in [1.807, 2.05) is 13.8 Å². The lowest BCUT2D eigenvalue weighted by atomic mass is 10.2. The zero-order valence-corrected chi connectivity index (χ0v) is 9.15. The van der Waals surface area contributed by atoms with Gasteiger partial charge in [-0.25, -0.2) is 13.1 Å². The van der Waals surface area contributed by atoms with E-state index in [4.69, 9.17) is 0 Å². The van der Waals surface area contributed by atoms with E-state index < -0.39 is 10.0 Å². The molecular formula is C8H17NO3S. The molecule has 0 aliphatic rings. The molecule has 5 heteroatoms. The summed E-state index contributed by atoms with van der Waals surface area (Å²) in [5.41, 5.74) is 0. The molecule has 1 N–H and O–H groups in total. The first-order valence-electron chi connectivity index (χ1n) is 4.30. The van der Waals surface area contributed by atoms with E-state index in [1.54, 1.807) is 0 Å². The van der Waals surface area contributed by atoms with Crippen molar-refractivity contribution in [1.29, 1.82) is 0 Å². The van der Waals surface area contributed by atoms with Crippen LogP contribution in [0.4, 0.5) is 0 Å². The smallest absolute Gasteiger partial charge is 0.212 e. The largest absolute Gasteiger partial charge is 0.299 e. The van der Waals surface area contributed by atoms with Crippen molar-refractivity contribution < 1.29 is 13.2 Å². The van der Waals surface area contributed by atoms with E-state index in [0.29, 0.717) is 12.3 Å². The molecule has 0 aliphatic carbocycles. The third kappa shape index (κ3) is 7.93. The Kier molecular flexibility index (Phi) is 5.17. The Bertz CT molecular complexity index is 257. The fourth-order valence-electron chi connectivity index (χ4n) is 0.675. The average Bonchev–Trinajstić information content (AvgIpc) is 1.98. The molecule has 0 saturated carbocycles. The molecule has 13 heavy (non-hydrogen) atoms. The molecule has 0 heterocycles. The topological polar surface area (TPSA) is 63.2 Å². The van der Waals surface area contributed by atoms with E-state index >= 15 is 0 Å². The first kappa shape index (κ1) is 12.6. The minimum atomic E-state index is -3.24. The molecular weight excluding hydrogens is 190 g/mol. The maximum atomic E-state index is 11.2. The van der Waals surface area contributed by atoms with Gasteiger partial charge < -0.3 is 0 Å². The summed E-state index contributed by atoms with van der Waals surface area (Å²) in [7, 11) is -3.24. The third-order valence-electron chi connectivity index (χ3n) is 1.50. The molecule has 0 atom stereocenters. The fraction of sp³-hybridized carbons (Fsp3) is 0.875. The summed E-state index contributed by atoms with van der Waals surface area (Å²) in [6.45, 7) is 5.17. The van der Waals surface area contributed by atoms with Gasteiger partial charge in [-0.05, 0) is 19.3 Å². The van der Waals surface area contributed by atoms with E-state index in [0.717, 1.165) is 0 Å². The lowest BCUT2D eigenvalue weighted by Crippen LogP contribution is -2.30. The normalized spacial score (nSPS) is 12.0. The molecule has 0 aromatic heterocycles. The molecule has 0 rings (SSSR count). The lowest BCUT2D eigenvalue weighted by molar-refractivity contribution is -0.115. The van der Waals surface area contributed by atoms with Gasteiger partial charge in [0.2, 0.25) is 10.0 Å². The van der Waals surface area contributed by atoms with E-state index in [1.165, 1.54) is 6.92 Å². The van der Waals surface area contributed by atoms with Gasteiger partial charge >= 0.3 is 0 Å². The molecule has 78 valence electrons. The predicted molar refractivity (Wildman–Crippen MR) is 51.9 cm³/mol. The van der Waals surface area contributed by atoms with Gasteiger partial charge in [0.15, 0.2) is 0 Å². The quantitative estimate of drug-likeness (QED) is 0.691. The number of ketones is 1. The number of sulfonamides is 1. The highest BCUT2D eigenvalue weighted by Gasteiger charge is 2.10. The monoisotopic (exact) mass is 207 g/mol. The molecule has 0 aliphatic heterocycles. The van der Waals surface area contributed by atoms with Crippen molar-refractivity contribution in [3.63, 3.8) is 0 Å². The van der Waals surface area contributed by atoms with Crippen molar-refractivity contribution in [2.24, 2.45) is 5.92 Å². The van der Waals surface area contributed by atoms with Crippen molar-refractivity contribution in [3.8, 4) is 0 Å². The summed E-state index contributed by atoms with van der Waals surface area (Å²) in [6.07, 6.45) is 0.618. The molecule has 0 spiro atoms. The highest BCUT2D eigenvalue weighted by Crippen LogP contribution is 2.01. The Morgan fingerprint density at radius 1 is 1.38 bits per heavy atom. The van der Waals surface area contributed by atoms with Crippen molar-refractivity contribution >= 4 is 15.8 Å². The van der Waals surface area contributed by atoms with Gasteiger partial charge in [0.05, 0.1) is 12.3 Å². The molecule has 0 aromatic carbocycles. The Balaban J connectivity index is 3.88. The van der Waals surface area contributed by atoms with Gasteiger partial charge in [-0.2, -0.15) is 0 Å². The number of carbonyl (C=O) groups is 1. The first-order chi connectivity index (χ1) is 5.83. The minimum absolute atomic E-state index is 0.0952. The zero-order valence-electron chi connectivity index (χ0n) is 8.33. The number of carbonyl (C=O) groups excluding carboxylic acids is 1. The molecule has 0 unspecified atom stereocenters. The summed E-state index contributed by atoms with van der Waals surface area (Å²) in [4.78, 5) is 10.5. The second-order valence-electron chi connectivity index (χ2n) is 3.52. The van der Waals surface area contributed by atoms with E-state index in [9.17, 15) is 13.2 Å². The van der Waals surface area contributed by atoms with E-state index in [-0.39, 0.29) is 18.1 Å². The molecule has 4 nitrogen and oxygen atoms in total.